The van der Waals surface area contributed by atoms with E-state index in [0.29, 0.717) is 0 Å². The molecule has 0 aliphatic rings. The van der Waals surface area contributed by atoms with E-state index in [0.717, 1.165) is 12.1 Å². The van der Waals surface area contributed by atoms with Crippen molar-refractivity contribution in [2.24, 2.45) is 0 Å². The van der Waals surface area contributed by atoms with Crippen molar-refractivity contribution < 1.29 is 25.9 Å². The van der Waals surface area contributed by atoms with E-state index in [9.17, 15) is 16.8 Å². The van der Waals surface area contributed by atoms with Crippen LogP contribution in [0.2, 0.25) is 0 Å². The lowest BCUT2D eigenvalue weighted by Crippen LogP contribution is -2.08. The maximum Gasteiger partial charge on any atom is 0.296 e. The molecule has 0 aliphatic heterocycles. The summed E-state index contributed by atoms with van der Waals surface area (Å²) in [5, 5.41) is 2.43. The lowest BCUT2D eigenvalue weighted by molar-refractivity contribution is 0.478. The highest BCUT2D eigenvalue weighted by atomic mass is 32.2. The molecule has 0 spiro atoms. The fourth-order valence-electron chi connectivity index (χ4n) is 1.35. The Labute approximate surface area is 99.0 Å². The predicted octanol–water partition coefficient (Wildman–Crippen LogP) is 0.530. The zero-order valence-electron chi connectivity index (χ0n) is 9.00. The lowest BCUT2D eigenvalue weighted by Gasteiger charge is -2.10. The highest BCUT2D eigenvalue weighted by Gasteiger charge is 2.21. The van der Waals surface area contributed by atoms with Gasteiger partial charge in [-0.05, 0) is 24.6 Å². The quantitative estimate of drug-likeness (QED) is 0.691. The first-order valence-electron chi connectivity index (χ1n) is 4.34. The fourth-order valence-corrected chi connectivity index (χ4v) is 2.85. The minimum absolute atomic E-state index is 0.0131. The Balaban J connectivity index is 3.69. The van der Waals surface area contributed by atoms with Crippen LogP contribution in [0.4, 0.5) is 5.69 Å². The minimum atomic E-state index is -4.47. The molecule has 0 fully saturated rings. The van der Waals surface area contributed by atoms with Gasteiger partial charge in [-0.15, -0.1) is 0 Å². The van der Waals surface area contributed by atoms with Gasteiger partial charge in [0.05, 0.1) is 10.6 Å². The second kappa shape index (κ2) is 4.26. The largest absolute Gasteiger partial charge is 0.387 e. The molecule has 0 heterocycles. The number of rotatable bonds is 3. The summed E-state index contributed by atoms with van der Waals surface area (Å²) in [7, 11) is -7.56. The third-order valence-electron chi connectivity index (χ3n) is 2.10. The molecule has 0 unspecified atom stereocenters. The molecule has 1 aromatic carbocycles. The van der Waals surface area contributed by atoms with E-state index in [4.69, 9.17) is 9.11 Å². The monoisotopic (exact) mass is 281 g/mol. The number of hydrogen-bond acceptors (Lipinski definition) is 5. The molecule has 0 atom stereocenters. The van der Waals surface area contributed by atoms with Gasteiger partial charge < -0.3 is 5.32 Å². The molecule has 0 amide bonds. The van der Waals surface area contributed by atoms with Gasteiger partial charge in [-0.3, -0.25) is 9.11 Å². The van der Waals surface area contributed by atoms with Crippen LogP contribution in [-0.4, -0.2) is 33.0 Å². The summed E-state index contributed by atoms with van der Waals surface area (Å²) in [5.74, 6) is 0. The molecular weight excluding hydrogens is 270 g/mol. The zero-order chi connectivity index (χ0) is 13.4. The van der Waals surface area contributed by atoms with Gasteiger partial charge in [0.25, 0.3) is 20.2 Å². The van der Waals surface area contributed by atoms with Gasteiger partial charge >= 0.3 is 0 Å². The second-order valence-corrected chi connectivity index (χ2v) is 6.09. The number of aryl methyl sites for hydroxylation is 1. The average Bonchev–Trinajstić information content (AvgIpc) is 2.14. The second-order valence-electron chi connectivity index (χ2n) is 3.31. The highest BCUT2D eigenvalue weighted by Crippen LogP contribution is 2.27. The van der Waals surface area contributed by atoms with Gasteiger partial charge in [-0.25, -0.2) is 0 Å². The third-order valence-corrected chi connectivity index (χ3v) is 3.99. The van der Waals surface area contributed by atoms with Crippen molar-refractivity contribution in [3.05, 3.63) is 17.7 Å². The Morgan fingerprint density at radius 1 is 1.00 bits per heavy atom. The van der Waals surface area contributed by atoms with E-state index < -0.39 is 30.0 Å². The van der Waals surface area contributed by atoms with E-state index in [-0.39, 0.29) is 11.3 Å². The first-order chi connectivity index (χ1) is 7.57. The Morgan fingerprint density at radius 3 is 1.82 bits per heavy atom. The molecule has 0 aliphatic carbocycles. The van der Waals surface area contributed by atoms with E-state index in [1.807, 2.05) is 0 Å². The van der Waals surface area contributed by atoms with E-state index >= 15 is 0 Å². The summed E-state index contributed by atoms with van der Waals surface area (Å²) < 4.78 is 61.9. The van der Waals surface area contributed by atoms with Crippen molar-refractivity contribution in [2.75, 3.05) is 12.4 Å². The van der Waals surface area contributed by atoms with E-state index in [1.165, 1.54) is 14.0 Å². The molecule has 17 heavy (non-hydrogen) atoms. The first kappa shape index (κ1) is 13.9. The molecule has 0 bridgehead atoms. The Hall–Kier alpha value is -1.16. The molecule has 96 valence electrons. The summed E-state index contributed by atoms with van der Waals surface area (Å²) in [5.41, 5.74) is -0.107. The molecule has 3 N–H and O–H groups in total. The summed E-state index contributed by atoms with van der Waals surface area (Å²) in [6.07, 6.45) is 0. The number of benzene rings is 1. The summed E-state index contributed by atoms with van der Waals surface area (Å²) >= 11 is 0. The molecule has 0 saturated heterocycles. The van der Waals surface area contributed by atoms with Crippen LogP contribution >= 0.6 is 0 Å². The smallest absolute Gasteiger partial charge is 0.296 e. The standard InChI is InChI=1S/C8H11NO6S2/c1-5-3-8(17(13,14)15)6(9-2)4-7(5)16(10,11)12/h3-4,9H,1-2H3,(H,10,11,12)(H,13,14,15). The minimum Gasteiger partial charge on any atom is -0.387 e. The van der Waals surface area contributed by atoms with Crippen molar-refractivity contribution in [1.82, 2.24) is 0 Å². The van der Waals surface area contributed by atoms with Crippen LogP contribution in [0.3, 0.4) is 0 Å². The van der Waals surface area contributed by atoms with Crippen LogP contribution in [0.25, 0.3) is 0 Å². The van der Waals surface area contributed by atoms with Crippen molar-refractivity contribution in [3.8, 4) is 0 Å². The van der Waals surface area contributed by atoms with Gasteiger partial charge in [-0.2, -0.15) is 16.8 Å². The molecule has 0 aromatic heterocycles. The lowest BCUT2D eigenvalue weighted by atomic mass is 10.2. The highest BCUT2D eigenvalue weighted by molar-refractivity contribution is 7.86. The van der Waals surface area contributed by atoms with Gasteiger partial charge in [0.1, 0.15) is 4.90 Å². The molecule has 1 aromatic rings. The number of hydrogen-bond donors (Lipinski definition) is 3. The molecular formula is C8H11NO6S2. The molecule has 1 rings (SSSR count). The van der Waals surface area contributed by atoms with Crippen LogP contribution in [0.5, 0.6) is 0 Å². The van der Waals surface area contributed by atoms with Gasteiger partial charge in [0, 0.05) is 7.05 Å². The van der Waals surface area contributed by atoms with Crippen LogP contribution in [0.15, 0.2) is 21.9 Å². The Bertz CT molecular complexity index is 647. The van der Waals surface area contributed by atoms with Crippen LogP contribution in [0, 0.1) is 6.92 Å². The molecule has 0 radical (unpaired) electrons. The first-order valence-corrected chi connectivity index (χ1v) is 7.22. The number of anilines is 1. The van der Waals surface area contributed by atoms with Crippen molar-refractivity contribution in [1.29, 1.82) is 0 Å². The maximum absolute atomic E-state index is 11.0. The molecule has 9 heteroatoms. The molecule has 7 nitrogen and oxygen atoms in total. The van der Waals surface area contributed by atoms with E-state index in [1.54, 1.807) is 0 Å². The van der Waals surface area contributed by atoms with E-state index in [2.05, 4.69) is 5.32 Å². The van der Waals surface area contributed by atoms with Gasteiger partial charge in [-0.1, -0.05) is 0 Å². The van der Waals surface area contributed by atoms with Crippen LogP contribution in [-0.2, 0) is 20.2 Å². The average molecular weight is 281 g/mol. The maximum atomic E-state index is 11.0. The van der Waals surface area contributed by atoms with Crippen LogP contribution in [0.1, 0.15) is 5.56 Å². The van der Waals surface area contributed by atoms with Gasteiger partial charge in [0.15, 0.2) is 0 Å². The van der Waals surface area contributed by atoms with Crippen LogP contribution < -0.4 is 5.32 Å². The summed E-state index contributed by atoms with van der Waals surface area (Å²) in [4.78, 5) is -0.876. The SMILES string of the molecule is CNc1cc(S(=O)(=O)O)c(C)cc1S(=O)(=O)O. The van der Waals surface area contributed by atoms with Crippen molar-refractivity contribution in [3.63, 3.8) is 0 Å². The van der Waals surface area contributed by atoms with Crippen molar-refractivity contribution >= 4 is 25.9 Å². The summed E-state index contributed by atoms with van der Waals surface area (Å²) in [6.45, 7) is 1.30. The van der Waals surface area contributed by atoms with Gasteiger partial charge in [0.2, 0.25) is 0 Å². The van der Waals surface area contributed by atoms with Crippen molar-refractivity contribution in [2.45, 2.75) is 16.7 Å². The molecule has 0 saturated carbocycles. The fraction of sp³-hybridized carbons (Fsp3) is 0.250. The Morgan fingerprint density at radius 2 is 1.47 bits per heavy atom. The normalized spacial score (nSPS) is 12.5. The number of nitrogens with one attached hydrogen (secondary N) is 1. The zero-order valence-corrected chi connectivity index (χ0v) is 10.6. The predicted molar refractivity (Wildman–Crippen MR) is 60.4 cm³/mol. The third kappa shape index (κ3) is 2.94. The topological polar surface area (TPSA) is 121 Å². The summed E-state index contributed by atoms with van der Waals surface area (Å²) in [6, 6.07) is 1.90. The Kier molecular flexibility index (Phi) is 3.48.